The molecule has 0 radical (unpaired) electrons. The number of hydrogen-bond acceptors (Lipinski definition) is 1. The molecule has 1 saturated heterocycles. The van der Waals surface area contributed by atoms with Crippen LogP contribution in [0.25, 0.3) is 0 Å². The van der Waals surface area contributed by atoms with Crippen molar-refractivity contribution < 1.29 is 4.79 Å². The molecule has 13 heavy (non-hydrogen) atoms. The molecule has 0 aromatic heterocycles. The smallest absolute Gasteiger partial charge is 0.314 e. The molecule has 1 aliphatic heterocycles. The van der Waals surface area contributed by atoms with Gasteiger partial charge in [-0.15, -0.1) is 0 Å². The van der Waals surface area contributed by atoms with Crippen molar-refractivity contribution in [1.82, 2.24) is 10.6 Å². The average Bonchev–Trinajstić information content (AvgIpc) is 2.16. The van der Waals surface area contributed by atoms with E-state index in [2.05, 4.69) is 17.6 Å². The quantitative estimate of drug-likeness (QED) is 0.647. The second kappa shape index (κ2) is 7.90. The summed E-state index contributed by atoms with van der Waals surface area (Å²) in [5, 5.41) is 5.61. The maximum Gasteiger partial charge on any atom is 0.314 e. The summed E-state index contributed by atoms with van der Waals surface area (Å²) >= 11 is 0. The Balaban J connectivity index is 0.000000671. The molecule has 3 nitrogen and oxygen atoms in total. The van der Waals surface area contributed by atoms with Crippen LogP contribution in [-0.4, -0.2) is 19.1 Å². The lowest BCUT2D eigenvalue weighted by Gasteiger charge is -2.19. The highest BCUT2D eigenvalue weighted by Crippen LogP contribution is 2.09. The molecule has 1 unspecified atom stereocenters. The van der Waals surface area contributed by atoms with Crippen LogP contribution in [0.15, 0.2) is 0 Å². The highest BCUT2D eigenvalue weighted by molar-refractivity contribution is 5.73. The number of hydrogen-bond donors (Lipinski definition) is 2. The largest absolute Gasteiger partial charge is 0.338 e. The second-order valence-electron chi connectivity index (χ2n) is 3.05. The van der Waals surface area contributed by atoms with Gasteiger partial charge in [0.1, 0.15) is 0 Å². The molecule has 2 amide bonds. The number of carbonyl (C=O) groups is 1. The van der Waals surface area contributed by atoms with Gasteiger partial charge in [0.2, 0.25) is 0 Å². The maximum absolute atomic E-state index is 10.9. The first-order valence-corrected chi connectivity index (χ1v) is 5.34. The van der Waals surface area contributed by atoms with Gasteiger partial charge in [-0.1, -0.05) is 27.2 Å². The Morgan fingerprint density at radius 1 is 1.38 bits per heavy atom. The molecule has 0 saturated carbocycles. The van der Waals surface area contributed by atoms with Crippen LogP contribution in [0.1, 0.15) is 40.0 Å². The van der Waals surface area contributed by atoms with Gasteiger partial charge in [0.05, 0.1) is 0 Å². The van der Waals surface area contributed by atoms with E-state index in [1.807, 2.05) is 13.8 Å². The first kappa shape index (κ1) is 12.3. The van der Waals surface area contributed by atoms with E-state index in [0.717, 1.165) is 19.5 Å². The predicted molar refractivity (Wildman–Crippen MR) is 55.8 cm³/mol. The molecule has 1 heterocycles. The Hall–Kier alpha value is -0.730. The lowest BCUT2D eigenvalue weighted by molar-refractivity contribution is 0.234. The topological polar surface area (TPSA) is 41.1 Å². The summed E-state index contributed by atoms with van der Waals surface area (Å²) < 4.78 is 0. The molecular formula is C10H22N2O. The Bertz CT molecular complexity index is 137. The molecule has 0 spiro atoms. The van der Waals surface area contributed by atoms with Crippen molar-refractivity contribution in [2.45, 2.75) is 40.0 Å². The molecular weight excluding hydrogens is 164 g/mol. The van der Waals surface area contributed by atoms with Crippen molar-refractivity contribution in [2.24, 2.45) is 5.92 Å². The molecule has 0 aromatic carbocycles. The number of amides is 2. The van der Waals surface area contributed by atoms with Gasteiger partial charge < -0.3 is 10.6 Å². The van der Waals surface area contributed by atoms with Crippen LogP contribution in [0, 0.1) is 5.92 Å². The zero-order valence-electron chi connectivity index (χ0n) is 9.02. The van der Waals surface area contributed by atoms with Gasteiger partial charge in [0.25, 0.3) is 0 Å². The summed E-state index contributed by atoms with van der Waals surface area (Å²) in [6.45, 7) is 7.83. The Morgan fingerprint density at radius 2 is 2.08 bits per heavy atom. The summed E-state index contributed by atoms with van der Waals surface area (Å²) in [5.74, 6) is 0.682. The van der Waals surface area contributed by atoms with Gasteiger partial charge in [0.15, 0.2) is 0 Å². The normalized spacial score (nSPS) is 22.7. The van der Waals surface area contributed by atoms with Crippen LogP contribution in [0.2, 0.25) is 0 Å². The van der Waals surface area contributed by atoms with Crippen molar-refractivity contribution in [1.29, 1.82) is 0 Å². The van der Waals surface area contributed by atoms with Gasteiger partial charge in [-0.05, 0) is 18.8 Å². The zero-order chi connectivity index (χ0) is 10.1. The summed E-state index contributed by atoms with van der Waals surface area (Å²) in [6.07, 6.45) is 3.51. The third-order valence-corrected chi connectivity index (χ3v) is 2.20. The lowest BCUT2D eigenvalue weighted by atomic mass is 10.00. The predicted octanol–water partition coefficient (Wildman–Crippen LogP) is 2.13. The molecule has 2 N–H and O–H groups in total. The van der Waals surface area contributed by atoms with Gasteiger partial charge in [-0.3, -0.25) is 0 Å². The standard InChI is InChI=1S/C8H16N2O.C2H6/c1-2-7-4-3-5-9-8(11)10-6-7;1-2/h7H,2-6H2,1H3,(H2,9,10,11);1-2H3. The monoisotopic (exact) mass is 186 g/mol. The fourth-order valence-corrected chi connectivity index (χ4v) is 1.34. The first-order chi connectivity index (χ1) is 6.33. The zero-order valence-corrected chi connectivity index (χ0v) is 9.02. The van der Waals surface area contributed by atoms with Crippen LogP contribution in [0.3, 0.4) is 0 Å². The highest BCUT2D eigenvalue weighted by Gasteiger charge is 2.10. The summed E-state index contributed by atoms with van der Waals surface area (Å²) in [7, 11) is 0. The van der Waals surface area contributed by atoms with E-state index in [1.54, 1.807) is 0 Å². The third kappa shape index (κ3) is 5.50. The first-order valence-electron chi connectivity index (χ1n) is 5.34. The molecule has 0 aliphatic carbocycles. The number of urea groups is 1. The van der Waals surface area contributed by atoms with Crippen LogP contribution < -0.4 is 10.6 Å². The minimum atomic E-state index is -0.0110. The van der Waals surface area contributed by atoms with Crippen LogP contribution in [0.4, 0.5) is 4.79 Å². The summed E-state index contributed by atoms with van der Waals surface area (Å²) in [4.78, 5) is 10.9. The van der Waals surface area contributed by atoms with E-state index in [-0.39, 0.29) is 6.03 Å². The molecule has 3 heteroatoms. The van der Waals surface area contributed by atoms with E-state index in [9.17, 15) is 4.79 Å². The maximum atomic E-state index is 10.9. The van der Waals surface area contributed by atoms with E-state index in [1.165, 1.54) is 12.8 Å². The SMILES string of the molecule is CC.CCC1CCCNC(=O)NC1. The van der Waals surface area contributed by atoms with Gasteiger partial charge in [-0.25, -0.2) is 4.79 Å². The molecule has 78 valence electrons. The summed E-state index contributed by atoms with van der Waals surface area (Å²) in [6, 6.07) is -0.0110. The molecule has 0 bridgehead atoms. The van der Waals surface area contributed by atoms with Crippen LogP contribution in [-0.2, 0) is 0 Å². The van der Waals surface area contributed by atoms with Gasteiger partial charge in [-0.2, -0.15) is 0 Å². The number of rotatable bonds is 1. The van der Waals surface area contributed by atoms with Gasteiger partial charge in [0, 0.05) is 13.1 Å². The Kier molecular flexibility index (Phi) is 7.45. The van der Waals surface area contributed by atoms with E-state index >= 15 is 0 Å². The molecule has 1 atom stereocenters. The molecule has 1 rings (SSSR count). The van der Waals surface area contributed by atoms with Crippen molar-refractivity contribution >= 4 is 6.03 Å². The van der Waals surface area contributed by atoms with Crippen molar-refractivity contribution in [3.05, 3.63) is 0 Å². The van der Waals surface area contributed by atoms with E-state index in [0.29, 0.717) is 5.92 Å². The van der Waals surface area contributed by atoms with Crippen molar-refractivity contribution in [3.8, 4) is 0 Å². The van der Waals surface area contributed by atoms with Gasteiger partial charge >= 0.3 is 6.03 Å². The number of nitrogens with one attached hydrogen (secondary N) is 2. The Morgan fingerprint density at radius 3 is 2.69 bits per heavy atom. The van der Waals surface area contributed by atoms with Crippen LogP contribution in [0.5, 0.6) is 0 Å². The molecule has 1 fully saturated rings. The van der Waals surface area contributed by atoms with Crippen LogP contribution >= 0.6 is 0 Å². The summed E-state index contributed by atoms with van der Waals surface area (Å²) in [5.41, 5.74) is 0. The fraction of sp³-hybridized carbons (Fsp3) is 0.900. The average molecular weight is 186 g/mol. The highest BCUT2D eigenvalue weighted by atomic mass is 16.2. The van der Waals surface area contributed by atoms with E-state index in [4.69, 9.17) is 0 Å². The fourth-order valence-electron chi connectivity index (χ4n) is 1.34. The lowest BCUT2D eigenvalue weighted by Crippen LogP contribution is -2.40. The minimum Gasteiger partial charge on any atom is -0.338 e. The Labute approximate surface area is 81.3 Å². The van der Waals surface area contributed by atoms with E-state index < -0.39 is 0 Å². The molecule has 1 aliphatic rings. The second-order valence-corrected chi connectivity index (χ2v) is 3.05. The third-order valence-electron chi connectivity index (χ3n) is 2.20. The van der Waals surface area contributed by atoms with Crippen molar-refractivity contribution in [2.75, 3.05) is 13.1 Å². The van der Waals surface area contributed by atoms with Crippen molar-refractivity contribution in [3.63, 3.8) is 0 Å². The molecule has 0 aromatic rings. The number of carbonyl (C=O) groups excluding carboxylic acids is 1. The minimum absolute atomic E-state index is 0.0110.